The summed E-state index contributed by atoms with van der Waals surface area (Å²) in [6.07, 6.45) is 1.59. The molecule has 0 saturated heterocycles. The van der Waals surface area contributed by atoms with Crippen LogP contribution in [-0.2, 0) is 0 Å². The molecule has 4 nitrogen and oxygen atoms in total. The van der Waals surface area contributed by atoms with Gasteiger partial charge in [-0.2, -0.15) is 5.26 Å². The monoisotopic (exact) mass is 383 g/mol. The fourth-order valence-electron chi connectivity index (χ4n) is 2.38. The number of nitrogens with zero attached hydrogens (tertiary/aromatic N) is 1. The fraction of sp³-hybridized carbons (Fsp3) is 0. The van der Waals surface area contributed by atoms with Crippen LogP contribution in [0.5, 0.6) is 0 Å². The second kappa shape index (κ2) is 7.49. The first-order valence-electron chi connectivity index (χ1n) is 7.48. The summed E-state index contributed by atoms with van der Waals surface area (Å²) >= 11 is 11.9. The fourth-order valence-corrected chi connectivity index (χ4v) is 2.68. The smallest absolute Gasteiger partial charge is 0.335 e. The maximum Gasteiger partial charge on any atom is 0.335 e. The molecule has 1 heterocycles. The zero-order chi connectivity index (χ0) is 18.7. The van der Waals surface area contributed by atoms with Crippen molar-refractivity contribution in [2.24, 2.45) is 0 Å². The van der Waals surface area contributed by atoms with Gasteiger partial charge in [0.25, 0.3) is 0 Å². The van der Waals surface area contributed by atoms with Crippen LogP contribution in [0.3, 0.4) is 0 Å². The number of hydrogen-bond donors (Lipinski definition) is 1. The number of hydrogen-bond acceptors (Lipinski definition) is 3. The molecule has 0 aliphatic carbocycles. The molecule has 6 heteroatoms. The van der Waals surface area contributed by atoms with Crippen molar-refractivity contribution in [1.29, 1.82) is 5.26 Å². The van der Waals surface area contributed by atoms with Crippen molar-refractivity contribution in [1.82, 2.24) is 0 Å². The number of benzene rings is 2. The predicted octanol–water partition coefficient (Wildman–Crippen LogP) is 6.02. The molecule has 0 bridgehead atoms. The van der Waals surface area contributed by atoms with Gasteiger partial charge in [0, 0.05) is 5.56 Å². The van der Waals surface area contributed by atoms with Crippen LogP contribution in [0, 0.1) is 11.3 Å². The summed E-state index contributed by atoms with van der Waals surface area (Å²) in [4.78, 5) is 11.1. The first kappa shape index (κ1) is 17.8. The maximum absolute atomic E-state index is 11.1. The van der Waals surface area contributed by atoms with Gasteiger partial charge in [-0.05, 0) is 48.0 Å². The number of aromatic carboxylic acids is 1. The Hall–Kier alpha value is -3.00. The van der Waals surface area contributed by atoms with E-state index in [9.17, 15) is 10.1 Å². The zero-order valence-electron chi connectivity index (χ0n) is 13.2. The van der Waals surface area contributed by atoms with E-state index in [1.54, 1.807) is 48.5 Å². The minimum absolute atomic E-state index is 0.171. The van der Waals surface area contributed by atoms with Crippen LogP contribution in [0.2, 0.25) is 10.0 Å². The summed E-state index contributed by atoms with van der Waals surface area (Å²) in [6, 6.07) is 16.9. The molecular formula is C20H11Cl2NO3. The molecule has 0 aliphatic heterocycles. The number of furan rings is 1. The van der Waals surface area contributed by atoms with E-state index < -0.39 is 5.97 Å². The van der Waals surface area contributed by atoms with E-state index in [1.165, 1.54) is 12.1 Å². The molecule has 26 heavy (non-hydrogen) atoms. The highest BCUT2D eigenvalue weighted by Crippen LogP contribution is 2.29. The SMILES string of the molecule is N#C/C(=C/c1ccc(-c2cccc(C(=O)O)c2)o1)c1ccc(Cl)c(Cl)c1. The zero-order valence-corrected chi connectivity index (χ0v) is 14.8. The van der Waals surface area contributed by atoms with Crippen LogP contribution in [0.15, 0.2) is 59.0 Å². The topological polar surface area (TPSA) is 74.2 Å². The lowest BCUT2D eigenvalue weighted by atomic mass is 10.1. The Morgan fingerprint density at radius 3 is 2.54 bits per heavy atom. The van der Waals surface area contributed by atoms with Crippen molar-refractivity contribution in [3.63, 3.8) is 0 Å². The number of halogens is 2. The van der Waals surface area contributed by atoms with Crippen molar-refractivity contribution < 1.29 is 14.3 Å². The van der Waals surface area contributed by atoms with Gasteiger partial charge in [-0.3, -0.25) is 0 Å². The summed E-state index contributed by atoms with van der Waals surface area (Å²) in [5.41, 5.74) is 1.79. The molecule has 1 aromatic heterocycles. The van der Waals surface area contributed by atoms with E-state index in [0.717, 1.165) is 0 Å². The molecule has 128 valence electrons. The standard InChI is InChI=1S/C20H11Cl2NO3/c21-17-6-4-12(10-18(17)22)15(11-23)9-16-5-7-19(26-16)13-2-1-3-14(8-13)20(24)25/h1-10H,(H,24,25)/b15-9-. The molecule has 0 radical (unpaired) electrons. The second-order valence-electron chi connectivity index (χ2n) is 5.39. The summed E-state index contributed by atoms with van der Waals surface area (Å²) in [5, 5.41) is 19.3. The molecule has 3 aromatic rings. The Labute approximate surface area is 159 Å². The van der Waals surface area contributed by atoms with E-state index in [4.69, 9.17) is 32.7 Å². The van der Waals surface area contributed by atoms with Gasteiger partial charge in [0.1, 0.15) is 11.5 Å². The second-order valence-corrected chi connectivity index (χ2v) is 6.20. The highest BCUT2D eigenvalue weighted by molar-refractivity contribution is 6.42. The highest BCUT2D eigenvalue weighted by atomic mass is 35.5. The Bertz CT molecular complexity index is 1060. The number of allylic oxidation sites excluding steroid dienone is 1. The Morgan fingerprint density at radius 1 is 1.04 bits per heavy atom. The summed E-state index contributed by atoms with van der Waals surface area (Å²) in [7, 11) is 0. The first-order valence-corrected chi connectivity index (χ1v) is 8.24. The van der Waals surface area contributed by atoms with Gasteiger partial charge >= 0.3 is 5.97 Å². The Balaban J connectivity index is 1.95. The van der Waals surface area contributed by atoms with Crippen molar-refractivity contribution >= 4 is 40.8 Å². The van der Waals surface area contributed by atoms with Gasteiger partial charge in [0.05, 0.1) is 27.3 Å². The average molecular weight is 384 g/mol. The average Bonchev–Trinajstić information content (AvgIpc) is 3.11. The third kappa shape index (κ3) is 3.80. The molecule has 0 aliphatic rings. The quantitative estimate of drug-likeness (QED) is 0.559. The van der Waals surface area contributed by atoms with Gasteiger partial charge in [-0.1, -0.05) is 41.4 Å². The number of nitriles is 1. The van der Waals surface area contributed by atoms with Crippen LogP contribution in [0.4, 0.5) is 0 Å². The van der Waals surface area contributed by atoms with Crippen LogP contribution >= 0.6 is 23.2 Å². The molecule has 0 unspecified atom stereocenters. The lowest BCUT2D eigenvalue weighted by molar-refractivity contribution is 0.0697. The lowest BCUT2D eigenvalue weighted by Crippen LogP contribution is -1.95. The maximum atomic E-state index is 11.1. The van der Waals surface area contributed by atoms with E-state index in [0.29, 0.717) is 38.3 Å². The molecule has 0 atom stereocenters. The molecule has 0 saturated carbocycles. The van der Waals surface area contributed by atoms with Crippen LogP contribution in [0.1, 0.15) is 21.7 Å². The van der Waals surface area contributed by atoms with Gasteiger partial charge < -0.3 is 9.52 Å². The first-order chi connectivity index (χ1) is 12.5. The van der Waals surface area contributed by atoms with Crippen molar-refractivity contribution in [2.45, 2.75) is 0 Å². The Morgan fingerprint density at radius 2 is 1.85 bits per heavy atom. The van der Waals surface area contributed by atoms with Crippen LogP contribution in [-0.4, -0.2) is 11.1 Å². The van der Waals surface area contributed by atoms with Gasteiger partial charge in [0.15, 0.2) is 0 Å². The number of rotatable bonds is 4. The normalized spacial score (nSPS) is 11.2. The molecular weight excluding hydrogens is 373 g/mol. The molecule has 2 aromatic carbocycles. The lowest BCUT2D eigenvalue weighted by Gasteiger charge is -2.01. The van der Waals surface area contributed by atoms with E-state index in [1.807, 2.05) is 0 Å². The number of carboxylic acids is 1. The van der Waals surface area contributed by atoms with Gasteiger partial charge in [-0.15, -0.1) is 0 Å². The van der Waals surface area contributed by atoms with Gasteiger partial charge in [-0.25, -0.2) is 4.79 Å². The number of carbonyl (C=O) groups is 1. The molecule has 0 amide bonds. The summed E-state index contributed by atoms with van der Waals surface area (Å²) in [5.74, 6) is -0.0426. The van der Waals surface area contributed by atoms with E-state index >= 15 is 0 Å². The van der Waals surface area contributed by atoms with Crippen molar-refractivity contribution in [2.75, 3.05) is 0 Å². The summed E-state index contributed by atoms with van der Waals surface area (Å²) in [6.45, 7) is 0. The third-order valence-electron chi connectivity index (χ3n) is 3.66. The van der Waals surface area contributed by atoms with E-state index in [-0.39, 0.29) is 5.56 Å². The molecule has 0 fully saturated rings. The van der Waals surface area contributed by atoms with Crippen LogP contribution < -0.4 is 0 Å². The van der Waals surface area contributed by atoms with E-state index in [2.05, 4.69) is 6.07 Å². The predicted molar refractivity (Wildman–Crippen MR) is 101 cm³/mol. The third-order valence-corrected chi connectivity index (χ3v) is 4.40. The molecule has 3 rings (SSSR count). The van der Waals surface area contributed by atoms with Crippen molar-refractivity contribution in [3.8, 4) is 17.4 Å². The molecule has 1 N–H and O–H groups in total. The van der Waals surface area contributed by atoms with Crippen molar-refractivity contribution in [3.05, 3.63) is 81.5 Å². The molecule has 0 spiro atoms. The highest BCUT2D eigenvalue weighted by Gasteiger charge is 2.10. The minimum Gasteiger partial charge on any atom is -0.478 e. The van der Waals surface area contributed by atoms with Gasteiger partial charge in [0.2, 0.25) is 0 Å². The van der Waals surface area contributed by atoms with Crippen LogP contribution in [0.25, 0.3) is 23.0 Å². The Kier molecular flexibility index (Phi) is 5.13. The minimum atomic E-state index is -1.01. The summed E-state index contributed by atoms with van der Waals surface area (Å²) < 4.78 is 5.73. The number of carboxylic acid groups (broad SMARTS) is 1. The largest absolute Gasteiger partial charge is 0.478 e.